The number of rotatable bonds is 5. The first kappa shape index (κ1) is 15.2. The summed E-state index contributed by atoms with van der Waals surface area (Å²) in [5.41, 5.74) is 2.08. The summed E-state index contributed by atoms with van der Waals surface area (Å²) in [4.78, 5) is 4.38. The van der Waals surface area contributed by atoms with Crippen molar-refractivity contribution in [2.45, 2.75) is 13.3 Å². The molecule has 2 aromatic carbocycles. The van der Waals surface area contributed by atoms with Crippen molar-refractivity contribution in [3.63, 3.8) is 0 Å². The topological polar surface area (TPSA) is 40.6 Å². The van der Waals surface area contributed by atoms with Crippen LogP contribution < -0.4 is 14.2 Å². The maximum absolute atomic E-state index is 6.03. The molecule has 0 N–H and O–H groups in total. The molecule has 3 rings (SSSR count). The van der Waals surface area contributed by atoms with Crippen molar-refractivity contribution in [1.82, 2.24) is 4.98 Å². The standard InChI is InChI=1S/C19H19NO3/c1-4-13-5-7-14(8-6-13)23-17-9-10-20-16-12-19(22-3)18(21-2)11-15(16)17/h5-12H,4H2,1-3H3. The highest BCUT2D eigenvalue weighted by Crippen LogP contribution is 2.36. The number of aromatic nitrogens is 1. The van der Waals surface area contributed by atoms with E-state index in [9.17, 15) is 0 Å². The van der Waals surface area contributed by atoms with Gasteiger partial charge in [-0.15, -0.1) is 0 Å². The van der Waals surface area contributed by atoms with Crippen molar-refractivity contribution in [2.24, 2.45) is 0 Å². The molecule has 23 heavy (non-hydrogen) atoms. The Morgan fingerprint density at radius 1 is 0.870 bits per heavy atom. The minimum absolute atomic E-state index is 0.650. The van der Waals surface area contributed by atoms with Crippen molar-refractivity contribution < 1.29 is 14.2 Å². The third-order valence-corrected chi connectivity index (χ3v) is 3.77. The fourth-order valence-corrected chi connectivity index (χ4v) is 2.46. The normalized spacial score (nSPS) is 10.6. The summed E-state index contributed by atoms with van der Waals surface area (Å²) >= 11 is 0. The molecule has 0 aliphatic heterocycles. The lowest BCUT2D eigenvalue weighted by molar-refractivity contribution is 0.355. The number of ether oxygens (including phenoxy) is 3. The number of hydrogen-bond donors (Lipinski definition) is 0. The molecule has 4 heteroatoms. The van der Waals surface area contributed by atoms with Gasteiger partial charge >= 0.3 is 0 Å². The first-order chi connectivity index (χ1) is 11.2. The Morgan fingerprint density at radius 3 is 2.22 bits per heavy atom. The summed E-state index contributed by atoms with van der Waals surface area (Å²) in [6.45, 7) is 2.13. The van der Waals surface area contributed by atoms with Gasteiger partial charge in [0.1, 0.15) is 11.5 Å². The molecule has 0 aliphatic rings. The Labute approximate surface area is 135 Å². The molecule has 1 aromatic heterocycles. The molecule has 118 valence electrons. The van der Waals surface area contributed by atoms with Crippen molar-refractivity contribution in [3.8, 4) is 23.0 Å². The van der Waals surface area contributed by atoms with E-state index in [0.717, 1.165) is 28.8 Å². The van der Waals surface area contributed by atoms with Crippen LogP contribution in [0.5, 0.6) is 23.0 Å². The molecule has 0 fully saturated rings. The lowest BCUT2D eigenvalue weighted by Gasteiger charge is -2.12. The second kappa shape index (κ2) is 6.57. The van der Waals surface area contributed by atoms with Crippen LogP contribution in [0, 0.1) is 0 Å². The van der Waals surface area contributed by atoms with Gasteiger partial charge in [0.2, 0.25) is 0 Å². The zero-order chi connectivity index (χ0) is 16.2. The molecule has 3 aromatic rings. The zero-order valence-electron chi connectivity index (χ0n) is 13.5. The number of hydrogen-bond acceptors (Lipinski definition) is 4. The SMILES string of the molecule is CCc1ccc(Oc2ccnc3cc(OC)c(OC)cc23)cc1. The van der Waals surface area contributed by atoms with Crippen molar-refractivity contribution in [1.29, 1.82) is 0 Å². The summed E-state index contributed by atoms with van der Waals surface area (Å²) in [5.74, 6) is 2.83. The summed E-state index contributed by atoms with van der Waals surface area (Å²) in [6, 6.07) is 13.7. The first-order valence-electron chi connectivity index (χ1n) is 7.52. The Morgan fingerprint density at radius 2 is 1.57 bits per heavy atom. The monoisotopic (exact) mass is 309 g/mol. The molecule has 0 aliphatic carbocycles. The predicted octanol–water partition coefficient (Wildman–Crippen LogP) is 4.61. The van der Waals surface area contributed by atoms with Crippen LogP contribution >= 0.6 is 0 Å². The molecule has 4 nitrogen and oxygen atoms in total. The Bertz CT molecular complexity index is 813. The molecule has 0 saturated heterocycles. The minimum atomic E-state index is 0.650. The van der Waals surface area contributed by atoms with E-state index in [2.05, 4.69) is 24.0 Å². The van der Waals surface area contributed by atoms with Gasteiger partial charge in [-0.3, -0.25) is 4.98 Å². The number of methoxy groups -OCH3 is 2. The van der Waals surface area contributed by atoms with Gasteiger partial charge in [0.15, 0.2) is 11.5 Å². The Kier molecular flexibility index (Phi) is 4.33. The molecule has 0 spiro atoms. The lowest BCUT2D eigenvalue weighted by atomic mass is 10.1. The quantitative estimate of drug-likeness (QED) is 0.690. The summed E-state index contributed by atoms with van der Waals surface area (Å²) in [5, 5.41) is 0.879. The highest BCUT2D eigenvalue weighted by atomic mass is 16.5. The van der Waals surface area contributed by atoms with Crippen molar-refractivity contribution in [3.05, 3.63) is 54.2 Å². The van der Waals surface area contributed by atoms with Crippen molar-refractivity contribution in [2.75, 3.05) is 14.2 Å². The van der Waals surface area contributed by atoms with E-state index in [1.165, 1.54) is 5.56 Å². The average Bonchev–Trinajstić information content (AvgIpc) is 2.61. The van der Waals surface area contributed by atoms with E-state index >= 15 is 0 Å². The van der Waals surface area contributed by atoms with E-state index < -0.39 is 0 Å². The molecule has 0 unspecified atom stereocenters. The summed E-state index contributed by atoms with van der Waals surface area (Å²) < 4.78 is 16.7. The Hall–Kier alpha value is -2.75. The molecule has 0 saturated carbocycles. The van der Waals surface area contributed by atoms with Crippen LogP contribution in [-0.4, -0.2) is 19.2 Å². The highest BCUT2D eigenvalue weighted by Gasteiger charge is 2.11. The van der Waals surface area contributed by atoms with E-state index in [0.29, 0.717) is 11.5 Å². The molecule has 0 radical (unpaired) electrons. The fraction of sp³-hybridized carbons (Fsp3) is 0.211. The van der Waals surface area contributed by atoms with Gasteiger partial charge < -0.3 is 14.2 Å². The zero-order valence-corrected chi connectivity index (χ0v) is 13.5. The average molecular weight is 309 g/mol. The van der Waals surface area contributed by atoms with Gasteiger partial charge in [-0.25, -0.2) is 0 Å². The van der Waals surface area contributed by atoms with Gasteiger partial charge in [0.05, 0.1) is 19.7 Å². The highest BCUT2D eigenvalue weighted by molar-refractivity contribution is 5.88. The smallest absolute Gasteiger partial charge is 0.162 e. The van der Waals surface area contributed by atoms with Crippen LogP contribution in [-0.2, 0) is 6.42 Å². The van der Waals surface area contributed by atoms with Crippen molar-refractivity contribution >= 4 is 10.9 Å². The van der Waals surface area contributed by atoms with Gasteiger partial charge in [-0.2, -0.15) is 0 Å². The van der Waals surface area contributed by atoms with Gasteiger partial charge in [-0.1, -0.05) is 19.1 Å². The van der Waals surface area contributed by atoms with Crippen LogP contribution in [0.25, 0.3) is 10.9 Å². The number of nitrogens with zero attached hydrogens (tertiary/aromatic N) is 1. The maximum atomic E-state index is 6.03. The van der Waals surface area contributed by atoms with Gasteiger partial charge in [0, 0.05) is 17.6 Å². The molecule has 1 heterocycles. The molecule has 0 bridgehead atoms. The summed E-state index contributed by atoms with van der Waals surface area (Å²) in [6.07, 6.45) is 2.74. The van der Waals surface area contributed by atoms with Crippen LogP contribution in [0.4, 0.5) is 0 Å². The second-order valence-corrected chi connectivity index (χ2v) is 5.13. The van der Waals surface area contributed by atoms with Crippen LogP contribution in [0.3, 0.4) is 0 Å². The largest absolute Gasteiger partial charge is 0.493 e. The minimum Gasteiger partial charge on any atom is -0.493 e. The Balaban J connectivity index is 2.02. The number of pyridine rings is 1. The van der Waals surface area contributed by atoms with Crippen LogP contribution in [0.2, 0.25) is 0 Å². The molecule has 0 atom stereocenters. The van der Waals surface area contributed by atoms with E-state index in [-0.39, 0.29) is 0 Å². The lowest BCUT2D eigenvalue weighted by Crippen LogP contribution is -1.93. The van der Waals surface area contributed by atoms with Gasteiger partial charge in [-0.05, 0) is 36.2 Å². The molecular formula is C19H19NO3. The molecular weight excluding hydrogens is 290 g/mol. The fourth-order valence-electron chi connectivity index (χ4n) is 2.46. The van der Waals surface area contributed by atoms with E-state index in [1.807, 2.05) is 30.3 Å². The summed E-state index contributed by atoms with van der Waals surface area (Å²) in [7, 11) is 3.23. The number of benzene rings is 2. The van der Waals surface area contributed by atoms with E-state index in [1.54, 1.807) is 20.4 Å². The first-order valence-corrected chi connectivity index (χ1v) is 7.52. The maximum Gasteiger partial charge on any atom is 0.162 e. The number of fused-ring (bicyclic) bond motifs is 1. The number of aryl methyl sites for hydroxylation is 1. The predicted molar refractivity (Wildman–Crippen MR) is 90.7 cm³/mol. The van der Waals surface area contributed by atoms with Crippen LogP contribution in [0.15, 0.2) is 48.7 Å². The van der Waals surface area contributed by atoms with Gasteiger partial charge in [0.25, 0.3) is 0 Å². The second-order valence-electron chi connectivity index (χ2n) is 5.13. The molecule has 0 amide bonds. The van der Waals surface area contributed by atoms with Crippen LogP contribution in [0.1, 0.15) is 12.5 Å². The van der Waals surface area contributed by atoms with E-state index in [4.69, 9.17) is 14.2 Å². The third-order valence-electron chi connectivity index (χ3n) is 3.77. The third kappa shape index (κ3) is 3.06.